The third-order valence-electron chi connectivity index (χ3n) is 4.40. The average Bonchev–Trinajstić information content (AvgIpc) is 2.94. The summed E-state index contributed by atoms with van der Waals surface area (Å²) in [5.41, 5.74) is 0.444. The molecule has 8 nitrogen and oxygen atoms in total. The Morgan fingerprint density at radius 2 is 2.00 bits per heavy atom. The molecule has 11 heteroatoms. The summed E-state index contributed by atoms with van der Waals surface area (Å²) in [4.78, 5) is 26.0. The number of nitrogens with zero attached hydrogens (tertiary/aromatic N) is 1. The lowest BCUT2D eigenvalue weighted by molar-refractivity contribution is -0.0711. The molecule has 1 aliphatic rings. The van der Waals surface area contributed by atoms with Gasteiger partial charge in [-0.3, -0.25) is 14.3 Å². The Kier molecular flexibility index (Phi) is 7.18. The number of aromatic amines is 1. The van der Waals surface area contributed by atoms with Crippen LogP contribution in [0.1, 0.15) is 17.4 Å². The number of H-pyrrole nitrogens is 1. The highest BCUT2D eigenvalue weighted by Gasteiger charge is 2.44. The SMILES string of the molecule is O=c1[nH]c(=O)n([C@@H]2O[C@H](COCc3ccc(Cl)cc3Cl)[C@@H](O)[C@@H]2O)cc1C=CCl. The number of rotatable bonds is 6. The number of aromatic nitrogens is 2. The molecular formula is C18H17Cl3N2O6. The van der Waals surface area contributed by atoms with Gasteiger partial charge in [-0.2, -0.15) is 0 Å². The van der Waals surface area contributed by atoms with Crippen molar-refractivity contribution in [1.29, 1.82) is 0 Å². The Morgan fingerprint density at radius 3 is 2.69 bits per heavy atom. The Morgan fingerprint density at radius 1 is 1.24 bits per heavy atom. The molecule has 156 valence electrons. The molecule has 1 saturated heterocycles. The zero-order valence-corrected chi connectivity index (χ0v) is 17.1. The maximum Gasteiger partial charge on any atom is 0.330 e. The summed E-state index contributed by atoms with van der Waals surface area (Å²) in [5.74, 6) is 0. The monoisotopic (exact) mass is 462 g/mol. The molecule has 0 bridgehead atoms. The van der Waals surface area contributed by atoms with Gasteiger partial charge in [-0.05, 0) is 23.8 Å². The van der Waals surface area contributed by atoms with Gasteiger partial charge in [0.25, 0.3) is 5.56 Å². The van der Waals surface area contributed by atoms with Crippen molar-refractivity contribution in [3.05, 3.63) is 71.9 Å². The molecule has 3 N–H and O–H groups in total. The highest BCUT2D eigenvalue weighted by Crippen LogP contribution is 2.29. The van der Waals surface area contributed by atoms with Crippen molar-refractivity contribution in [3.63, 3.8) is 0 Å². The average molecular weight is 464 g/mol. The minimum atomic E-state index is -1.42. The summed E-state index contributed by atoms with van der Waals surface area (Å²) in [5, 5.41) is 21.5. The fourth-order valence-electron chi connectivity index (χ4n) is 2.90. The first kappa shape index (κ1) is 22.0. The molecule has 0 radical (unpaired) electrons. The fraction of sp³-hybridized carbons (Fsp3) is 0.333. The molecule has 2 aromatic rings. The van der Waals surface area contributed by atoms with Gasteiger partial charge < -0.3 is 19.7 Å². The molecule has 1 aromatic heterocycles. The minimum absolute atomic E-state index is 0.0692. The van der Waals surface area contributed by atoms with Crippen LogP contribution in [-0.4, -0.2) is 44.7 Å². The fourth-order valence-corrected chi connectivity index (χ4v) is 3.50. The first-order valence-electron chi connectivity index (χ1n) is 8.47. The second-order valence-corrected chi connectivity index (χ2v) is 7.44. The number of hydrogen-bond acceptors (Lipinski definition) is 6. The molecule has 2 heterocycles. The van der Waals surface area contributed by atoms with E-state index in [4.69, 9.17) is 44.3 Å². The lowest BCUT2D eigenvalue weighted by Gasteiger charge is -2.17. The molecular weight excluding hydrogens is 447 g/mol. The van der Waals surface area contributed by atoms with E-state index in [1.54, 1.807) is 18.2 Å². The van der Waals surface area contributed by atoms with Crippen LogP contribution in [0.3, 0.4) is 0 Å². The van der Waals surface area contributed by atoms with Gasteiger partial charge in [0, 0.05) is 21.8 Å². The van der Waals surface area contributed by atoms with Crippen LogP contribution in [0.25, 0.3) is 6.08 Å². The van der Waals surface area contributed by atoms with E-state index in [1.165, 1.54) is 12.3 Å². The smallest absolute Gasteiger partial charge is 0.330 e. The van der Waals surface area contributed by atoms with Crippen LogP contribution < -0.4 is 11.2 Å². The largest absolute Gasteiger partial charge is 0.387 e. The van der Waals surface area contributed by atoms with Crippen molar-refractivity contribution in [2.75, 3.05) is 6.61 Å². The van der Waals surface area contributed by atoms with E-state index in [9.17, 15) is 19.8 Å². The van der Waals surface area contributed by atoms with Crippen LogP contribution in [0.2, 0.25) is 10.0 Å². The molecule has 1 aromatic carbocycles. The quantitative estimate of drug-likeness (QED) is 0.603. The van der Waals surface area contributed by atoms with Crippen molar-refractivity contribution in [1.82, 2.24) is 9.55 Å². The van der Waals surface area contributed by atoms with Crippen LogP contribution in [0, 0.1) is 0 Å². The lowest BCUT2D eigenvalue weighted by Crippen LogP contribution is -2.38. The van der Waals surface area contributed by atoms with Gasteiger partial charge in [-0.25, -0.2) is 4.79 Å². The Bertz CT molecular complexity index is 1020. The molecule has 1 aliphatic heterocycles. The van der Waals surface area contributed by atoms with E-state index < -0.39 is 35.8 Å². The van der Waals surface area contributed by atoms with Gasteiger partial charge in [0.05, 0.1) is 18.8 Å². The van der Waals surface area contributed by atoms with Crippen molar-refractivity contribution in [2.45, 2.75) is 31.1 Å². The van der Waals surface area contributed by atoms with Crippen LogP contribution in [-0.2, 0) is 16.1 Å². The third-order valence-corrected chi connectivity index (χ3v) is 5.12. The number of aliphatic hydroxyl groups is 2. The van der Waals surface area contributed by atoms with Gasteiger partial charge in [0.1, 0.15) is 18.3 Å². The maximum absolute atomic E-state index is 12.1. The van der Waals surface area contributed by atoms with Crippen molar-refractivity contribution < 1.29 is 19.7 Å². The number of benzene rings is 1. The zero-order valence-electron chi connectivity index (χ0n) is 14.8. The molecule has 3 rings (SSSR count). The first-order valence-corrected chi connectivity index (χ1v) is 9.66. The summed E-state index contributed by atoms with van der Waals surface area (Å²) in [6, 6.07) is 4.96. The molecule has 0 amide bonds. The maximum atomic E-state index is 12.1. The summed E-state index contributed by atoms with van der Waals surface area (Å²) >= 11 is 17.4. The van der Waals surface area contributed by atoms with Crippen molar-refractivity contribution in [2.24, 2.45) is 0 Å². The predicted octanol–water partition coefficient (Wildman–Crippen LogP) is 1.89. The zero-order chi connectivity index (χ0) is 21.1. The van der Waals surface area contributed by atoms with Gasteiger partial charge >= 0.3 is 5.69 Å². The van der Waals surface area contributed by atoms with Gasteiger partial charge in [0.2, 0.25) is 0 Å². The normalized spacial score (nSPS) is 24.4. The summed E-state index contributed by atoms with van der Waals surface area (Å²) in [6.45, 7) is 0.0623. The van der Waals surface area contributed by atoms with Crippen LogP contribution >= 0.6 is 34.8 Å². The summed E-state index contributed by atoms with van der Waals surface area (Å²) in [7, 11) is 0. The first-order chi connectivity index (χ1) is 13.8. The van der Waals surface area contributed by atoms with E-state index in [0.29, 0.717) is 15.6 Å². The second kappa shape index (κ2) is 9.44. The predicted molar refractivity (Wildman–Crippen MR) is 108 cm³/mol. The van der Waals surface area contributed by atoms with Crippen LogP contribution in [0.15, 0.2) is 39.5 Å². The summed E-state index contributed by atoms with van der Waals surface area (Å²) < 4.78 is 12.1. The standard InChI is InChI=1S/C18H17Cl3N2O6/c19-4-3-9-6-23(18(27)22-16(9)26)17-15(25)14(24)13(29-17)8-28-7-10-1-2-11(20)5-12(10)21/h1-6,13-15,17,24-25H,7-8H2,(H,22,26,27)/t13-,14-,15+,17-/m1/s1. The molecule has 0 spiro atoms. The molecule has 0 unspecified atom stereocenters. The van der Waals surface area contributed by atoms with Crippen molar-refractivity contribution >= 4 is 40.9 Å². The highest BCUT2D eigenvalue weighted by molar-refractivity contribution is 6.35. The number of aliphatic hydroxyl groups excluding tert-OH is 2. The molecule has 1 fully saturated rings. The second-order valence-electron chi connectivity index (χ2n) is 6.34. The third kappa shape index (κ3) is 4.92. The highest BCUT2D eigenvalue weighted by atomic mass is 35.5. The summed E-state index contributed by atoms with van der Waals surface area (Å²) in [6.07, 6.45) is -2.38. The van der Waals surface area contributed by atoms with E-state index in [-0.39, 0.29) is 18.8 Å². The van der Waals surface area contributed by atoms with Crippen LogP contribution in [0.4, 0.5) is 0 Å². The van der Waals surface area contributed by atoms with Crippen molar-refractivity contribution in [3.8, 4) is 0 Å². The number of nitrogens with one attached hydrogen (secondary N) is 1. The van der Waals surface area contributed by atoms with Gasteiger partial charge in [-0.15, -0.1) is 0 Å². The van der Waals surface area contributed by atoms with E-state index in [0.717, 1.165) is 10.1 Å². The Labute approximate surface area is 179 Å². The molecule has 0 saturated carbocycles. The Hall–Kier alpha value is -1.65. The molecule has 0 aliphatic carbocycles. The number of ether oxygens (including phenoxy) is 2. The van der Waals surface area contributed by atoms with Crippen LogP contribution in [0.5, 0.6) is 0 Å². The van der Waals surface area contributed by atoms with E-state index in [1.807, 2.05) is 0 Å². The lowest BCUT2D eigenvalue weighted by atomic mass is 10.1. The Balaban J connectivity index is 1.71. The number of hydrogen-bond donors (Lipinski definition) is 3. The number of halogens is 3. The van der Waals surface area contributed by atoms with Gasteiger partial charge in [-0.1, -0.05) is 40.9 Å². The van der Waals surface area contributed by atoms with Gasteiger partial charge in [0.15, 0.2) is 6.23 Å². The topological polar surface area (TPSA) is 114 Å². The van der Waals surface area contributed by atoms with E-state index in [2.05, 4.69) is 4.98 Å². The molecule has 4 atom stereocenters. The van der Waals surface area contributed by atoms with E-state index >= 15 is 0 Å². The molecule has 29 heavy (non-hydrogen) atoms. The minimum Gasteiger partial charge on any atom is -0.387 e.